The summed E-state index contributed by atoms with van der Waals surface area (Å²) < 4.78 is 0.668. The maximum absolute atomic E-state index is 11.6. The van der Waals surface area contributed by atoms with Crippen LogP contribution in [0.4, 0.5) is 11.4 Å². The molecule has 2 N–H and O–H groups in total. The molecule has 0 bridgehead atoms. The first-order valence-corrected chi connectivity index (χ1v) is 7.19. The van der Waals surface area contributed by atoms with E-state index in [0.717, 1.165) is 19.3 Å². The summed E-state index contributed by atoms with van der Waals surface area (Å²) in [6.07, 6.45) is 3.57. The fourth-order valence-electron chi connectivity index (χ4n) is 2.57. The number of nitro groups is 1. The molecule has 0 heterocycles. The molecule has 0 spiro atoms. The molecule has 108 valence electrons. The van der Waals surface area contributed by atoms with Crippen LogP contribution in [0.5, 0.6) is 0 Å². The van der Waals surface area contributed by atoms with E-state index >= 15 is 0 Å². The van der Waals surface area contributed by atoms with Gasteiger partial charge in [-0.1, -0.05) is 35.2 Å². The topological polar surface area (TPSA) is 92.5 Å². The molecular formula is C13H15BrN2O4. The van der Waals surface area contributed by atoms with Gasteiger partial charge in [-0.15, -0.1) is 0 Å². The molecular weight excluding hydrogens is 328 g/mol. The summed E-state index contributed by atoms with van der Waals surface area (Å²) >= 11 is 3.25. The van der Waals surface area contributed by atoms with Crippen molar-refractivity contribution in [3.05, 3.63) is 32.8 Å². The van der Waals surface area contributed by atoms with E-state index in [0.29, 0.717) is 17.3 Å². The van der Waals surface area contributed by atoms with Gasteiger partial charge in [0.1, 0.15) is 11.2 Å². The molecule has 1 aliphatic carbocycles. The highest BCUT2D eigenvalue weighted by Gasteiger charge is 2.40. The molecule has 1 aliphatic rings. The Kier molecular flexibility index (Phi) is 4.27. The minimum absolute atomic E-state index is 0.112. The molecule has 0 amide bonds. The molecule has 1 fully saturated rings. The van der Waals surface area contributed by atoms with Crippen LogP contribution in [-0.2, 0) is 4.79 Å². The highest BCUT2D eigenvalue weighted by Crippen LogP contribution is 2.36. The van der Waals surface area contributed by atoms with E-state index < -0.39 is 16.4 Å². The van der Waals surface area contributed by atoms with Crippen molar-refractivity contribution in [1.29, 1.82) is 0 Å². The Balaban J connectivity index is 2.38. The van der Waals surface area contributed by atoms with Gasteiger partial charge < -0.3 is 10.4 Å². The second-order valence-corrected chi connectivity index (χ2v) is 5.91. The lowest BCUT2D eigenvalue weighted by molar-refractivity contribution is -0.384. The summed E-state index contributed by atoms with van der Waals surface area (Å²) in [4.78, 5) is 22.1. The smallest absolute Gasteiger partial charge is 0.329 e. The highest BCUT2D eigenvalue weighted by molar-refractivity contribution is 9.10. The Hall–Kier alpha value is -1.63. The normalized spacial score (nSPS) is 17.4. The molecule has 7 heteroatoms. The zero-order chi connectivity index (χ0) is 14.8. The predicted molar refractivity (Wildman–Crippen MR) is 77.9 cm³/mol. The van der Waals surface area contributed by atoms with Crippen LogP contribution in [0.2, 0.25) is 0 Å². The summed E-state index contributed by atoms with van der Waals surface area (Å²) in [5, 5.41) is 23.5. The number of hydrogen-bond acceptors (Lipinski definition) is 4. The molecule has 0 unspecified atom stereocenters. The van der Waals surface area contributed by atoms with Crippen LogP contribution in [0, 0.1) is 10.1 Å². The number of aliphatic carboxylic acids is 1. The number of carbonyl (C=O) groups is 1. The molecule has 0 radical (unpaired) electrons. The van der Waals surface area contributed by atoms with E-state index in [4.69, 9.17) is 0 Å². The van der Waals surface area contributed by atoms with E-state index in [1.807, 2.05) is 0 Å². The van der Waals surface area contributed by atoms with Crippen LogP contribution in [-0.4, -0.2) is 21.5 Å². The average molecular weight is 343 g/mol. The van der Waals surface area contributed by atoms with E-state index in [-0.39, 0.29) is 11.4 Å². The van der Waals surface area contributed by atoms with Crippen LogP contribution in [0.1, 0.15) is 32.1 Å². The van der Waals surface area contributed by atoms with Gasteiger partial charge in [0.25, 0.3) is 5.69 Å². The number of rotatable bonds is 4. The molecule has 0 aliphatic heterocycles. The second kappa shape index (κ2) is 5.78. The predicted octanol–water partition coefficient (Wildman–Crippen LogP) is 3.56. The zero-order valence-electron chi connectivity index (χ0n) is 10.8. The SMILES string of the molecule is O=C(O)C1(Nc2cc(Br)ccc2[N+](=O)[O-])CCCCC1. The third kappa shape index (κ3) is 2.92. The van der Waals surface area contributed by atoms with E-state index in [9.17, 15) is 20.0 Å². The van der Waals surface area contributed by atoms with Crippen LogP contribution in [0.3, 0.4) is 0 Å². The Morgan fingerprint density at radius 2 is 2.00 bits per heavy atom. The lowest BCUT2D eigenvalue weighted by atomic mass is 9.81. The van der Waals surface area contributed by atoms with E-state index in [1.54, 1.807) is 12.1 Å². The zero-order valence-corrected chi connectivity index (χ0v) is 12.4. The third-order valence-electron chi connectivity index (χ3n) is 3.65. The number of nitrogens with one attached hydrogen (secondary N) is 1. The van der Waals surface area contributed by atoms with Crippen molar-refractivity contribution >= 4 is 33.3 Å². The summed E-state index contributed by atoms with van der Waals surface area (Å²) in [5.74, 6) is -0.952. The number of carboxylic acid groups (broad SMARTS) is 1. The van der Waals surface area contributed by atoms with Crippen molar-refractivity contribution < 1.29 is 14.8 Å². The first kappa shape index (κ1) is 14.8. The fourth-order valence-corrected chi connectivity index (χ4v) is 2.93. The minimum atomic E-state index is -1.11. The van der Waals surface area contributed by atoms with Crippen molar-refractivity contribution in [3.63, 3.8) is 0 Å². The molecule has 20 heavy (non-hydrogen) atoms. The Morgan fingerprint density at radius 3 is 2.55 bits per heavy atom. The molecule has 2 rings (SSSR count). The van der Waals surface area contributed by atoms with Gasteiger partial charge in [-0.25, -0.2) is 4.79 Å². The van der Waals surface area contributed by atoms with Gasteiger partial charge in [-0.2, -0.15) is 0 Å². The molecule has 1 aromatic carbocycles. The largest absolute Gasteiger partial charge is 0.480 e. The lowest BCUT2D eigenvalue weighted by Gasteiger charge is -2.34. The Labute approximate surface area is 124 Å². The molecule has 6 nitrogen and oxygen atoms in total. The van der Waals surface area contributed by atoms with Gasteiger partial charge in [-0.05, 0) is 25.0 Å². The molecule has 0 saturated heterocycles. The highest BCUT2D eigenvalue weighted by atomic mass is 79.9. The molecule has 0 aromatic heterocycles. The first-order chi connectivity index (χ1) is 9.44. The van der Waals surface area contributed by atoms with Crippen LogP contribution in [0.25, 0.3) is 0 Å². The van der Waals surface area contributed by atoms with Crippen LogP contribution >= 0.6 is 15.9 Å². The minimum Gasteiger partial charge on any atom is -0.480 e. The van der Waals surface area contributed by atoms with Gasteiger partial charge in [-0.3, -0.25) is 10.1 Å². The Morgan fingerprint density at radius 1 is 1.35 bits per heavy atom. The maximum Gasteiger partial charge on any atom is 0.329 e. The number of benzene rings is 1. The fraction of sp³-hybridized carbons (Fsp3) is 0.462. The molecule has 0 atom stereocenters. The number of anilines is 1. The average Bonchev–Trinajstić information content (AvgIpc) is 2.39. The maximum atomic E-state index is 11.6. The molecule has 1 saturated carbocycles. The summed E-state index contributed by atoms with van der Waals surface area (Å²) in [5.41, 5.74) is -0.975. The first-order valence-electron chi connectivity index (χ1n) is 6.40. The number of nitrogens with zero attached hydrogens (tertiary/aromatic N) is 1. The summed E-state index contributed by atoms with van der Waals surface area (Å²) in [7, 11) is 0. The van der Waals surface area contributed by atoms with Crippen molar-refractivity contribution in [2.45, 2.75) is 37.6 Å². The van der Waals surface area contributed by atoms with Crippen molar-refractivity contribution in [3.8, 4) is 0 Å². The van der Waals surface area contributed by atoms with Crippen molar-refractivity contribution in [2.24, 2.45) is 0 Å². The van der Waals surface area contributed by atoms with Crippen molar-refractivity contribution in [1.82, 2.24) is 0 Å². The Bertz CT molecular complexity index is 541. The van der Waals surface area contributed by atoms with Gasteiger partial charge in [0.2, 0.25) is 0 Å². The monoisotopic (exact) mass is 342 g/mol. The standard InChI is InChI=1S/C13H15BrN2O4/c14-9-4-5-11(16(19)20)10(8-9)15-13(12(17)18)6-2-1-3-7-13/h4-5,8,15H,1-3,6-7H2,(H,17,18). The van der Waals surface area contributed by atoms with Gasteiger partial charge in [0, 0.05) is 10.5 Å². The van der Waals surface area contributed by atoms with Crippen LogP contribution in [0.15, 0.2) is 22.7 Å². The van der Waals surface area contributed by atoms with Crippen molar-refractivity contribution in [2.75, 3.05) is 5.32 Å². The van der Waals surface area contributed by atoms with E-state index in [2.05, 4.69) is 21.2 Å². The van der Waals surface area contributed by atoms with Gasteiger partial charge >= 0.3 is 5.97 Å². The second-order valence-electron chi connectivity index (χ2n) is 4.99. The third-order valence-corrected chi connectivity index (χ3v) is 4.14. The summed E-state index contributed by atoms with van der Waals surface area (Å²) in [6, 6.07) is 4.49. The quantitative estimate of drug-likeness (QED) is 0.644. The van der Waals surface area contributed by atoms with Gasteiger partial charge in [0.15, 0.2) is 0 Å². The van der Waals surface area contributed by atoms with E-state index in [1.165, 1.54) is 6.07 Å². The number of halogens is 1. The van der Waals surface area contributed by atoms with Crippen LogP contribution < -0.4 is 5.32 Å². The summed E-state index contributed by atoms with van der Waals surface area (Å²) in [6.45, 7) is 0. The number of carboxylic acids is 1. The number of nitro benzene ring substituents is 1. The van der Waals surface area contributed by atoms with Gasteiger partial charge in [0.05, 0.1) is 4.92 Å². The lowest BCUT2D eigenvalue weighted by Crippen LogP contribution is -2.48. The number of hydrogen-bond donors (Lipinski definition) is 2. The molecule has 1 aromatic rings.